The third-order valence-corrected chi connectivity index (χ3v) is 3.61. The lowest BCUT2D eigenvalue weighted by atomic mass is 10.2. The molecular formula is C19H22N2O4. The number of hydrogen-bond acceptors (Lipinski definition) is 4. The molecule has 6 heteroatoms. The highest BCUT2D eigenvalue weighted by molar-refractivity contribution is 5.94. The van der Waals surface area contributed by atoms with Crippen LogP contribution in [-0.2, 0) is 11.3 Å². The molecule has 2 amide bonds. The summed E-state index contributed by atoms with van der Waals surface area (Å²) in [5.74, 6) is 0.932. The first-order valence-corrected chi connectivity index (χ1v) is 7.95. The Bertz CT molecular complexity index is 717. The fraction of sp³-hybridized carbons (Fsp3) is 0.263. The molecule has 0 heterocycles. The average molecular weight is 342 g/mol. The minimum atomic E-state index is -0.187. The number of benzene rings is 2. The highest BCUT2D eigenvalue weighted by Crippen LogP contribution is 2.27. The summed E-state index contributed by atoms with van der Waals surface area (Å²) in [6.45, 7) is 0.664. The van der Waals surface area contributed by atoms with Crippen molar-refractivity contribution >= 4 is 11.8 Å². The molecule has 0 spiro atoms. The maximum Gasteiger partial charge on any atom is 0.251 e. The van der Waals surface area contributed by atoms with Gasteiger partial charge in [-0.15, -0.1) is 0 Å². The fourth-order valence-electron chi connectivity index (χ4n) is 2.26. The number of rotatable bonds is 8. The quantitative estimate of drug-likeness (QED) is 0.771. The first-order chi connectivity index (χ1) is 12.1. The van der Waals surface area contributed by atoms with Gasteiger partial charge in [-0.1, -0.05) is 24.3 Å². The highest BCUT2D eigenvalue weighted by atomic mass is 16.5. The van der Waals surface area contributed by atoms with Crippen LogP contribution in [0.15, 0.2) is 48.5 Å². The summed E-state index contributed by atoms with van der Waals surface area (Å²) >= 11 is 0. The van der Waals surface area contributed by atoms with Crippen LogP contribution in [0.2, 0.25) is 0 Å². The van der Waals surface area contributed by atoms with Crippen molar-refractivity contribution in [1.82, 2.24) is 10.6 Å². The highest BCUT2D eigenvalue weighted by Gasteiger charge is 2.08. The van der Waals surface area contributed by atoms with E-state index >= 15 is 0 Å². The number of carbonyl (C=O) groups excluding carboxylic acids is 2. The van der Waals surface area contributed by atoms with Gasteiger partial charge in [0, 0.05) is 25.1 Å². The number of ether oxygens (including phenoxy) is 2. The van der Waals surface area contributed by atoms with Gasteiger partial charge in [-0.05, 0) is 29.8 Å². The lowest BCUT2D eigenvalue weighted by Crippen LogP contribution is -2.30. The summed E-state index contributed by atoms with van der Waals surface area (Å²) in [6.07, 6.45) is 0.214. The topological polar surface area (TPSA) is 76.7 Å². The number of methoxy groups -OCH3 is 2. The molecule has 2 N–H and O–H groups in total. The maximum atomic E-state index is 11.9. The van der Waals surface area contributed by atoms with Crippen LogP contribution in [0, 0.1) is 0 Å². The van der Waals surface area contributed by atoms with Crippen LogP contribution in [-0.4, -0.2) is 32.6 Å². The maximum absolute atomic E-state index is 11.9. The van der Waals surface area contributed by atoms with Crippen LogP contribution in [0.25, 0.3) is 0 Å². The summed E-state index contributed by atoms with van der Waals surface area (Å²) in [7, 11) is 3.14. The minimum absolute atomic E-state index is 0.136. The summed E-state index contributed by atoms with van der Waals surface area (Å²) < 4.78 is 10.4. The molecule has 0 bridgehead atoms. The van der Waals surface area contributed by atoms with E-state index in [1.807, 2.05) is 18.2 Å². The monoisotopic (exact) mass is 342 g/mol. The third kappa shape index (κ3) is 5.53. The normalized spacial score (nSPS) is 10.0. The molecule has 0 radical (unpaired) electrons. The molecule has 2 aromatic carbocycles. The Balaban J connectivity index is 1.75. The first kappa shape index (κ1) is 18.3. The largest absolute Gasteiger partial charge is 0.493 e. The van der Waals surface area contributed by atoms with E-state index in [9.17, 15) is 9.59 Å². The van der Waals surface area contributed by atoms with Gasteiger partial charge in [0.1, 0.15) is 0 Å². The Morgan fingerprint density at radius 2 is 1.64 bits per heavy atom. The molecule has 25 heavy (non-hydrogen) atoms. The van der Waals surface area contributed by atoms with Crippen LogP contribution in [0.3, 0.4) is 0 Å². The molecule has 0 fully saturated rings. The second-order valence-corrected chi connectivity index (χ2v) is 5.34. The molecule has 2 aromatic rings. The van der Waals surface area contributed by atoms with E-state index in [2.05, 4.69) is 10.6 Å². The van der Waals surface area contributed by atoms with Crippen molar-refractivity contribution in [2.75, 3.05) is 20.8 Å². The fourth-order valence-corrected chi connectivity index (χ4v) is 2.26. The summed E-state index contributed by atoms with van der Waals surface area (Å²) in [4.78, 5) is 23.8. The Morgan fingerprint density at radius 1 is 0.920 bits per heavy atom. The number of hydrogen-bond donors (Lipinski definition) is 2. The Kier molecular flexibility index (Phi) is 6.83. The van der Waals surface area contributed by atoms with Crippen LogP contribution >= 0.6 is 0 Å². The minimum Gasteiger partial charge on any atom is -0.493 e. The van der Waals surface area contributed by atoms with Gasteiger partial charge in [0.25, 0.3) is 5.91 Å². The van der Waals surface area contributed by atoms with Crippen LogP contribution in [0.1, 0.15) is 22.3 Å². The van der Waals surface area contributed by atoms with Crippen LogP contribution < -0.4 is 20.1 Å². The van der Waals surface area contributed by atoms with E-state index in [0.717, 1.165) is 5.56 Å². The van der Waals surface area contributed by atoms with Crippen molar-refractivity contribution in [2.24, 2.45) is 0 Å². The lowest BCUT2D eigenvalue weighted by molar-refractivity contribution is -0.121. The van der Waals surface area contributed by atoms with E-state index in [4.69, 9.17) is 9.47 Å². The number of nitrogens with one attached hydrogen (secondary N) is 2. The van der Waals surface area contributed by atoms with E-state index < -0.39 is 0 Å². The zero-order valence-electron chi connectivity index (χ0n) is 14.4. The van der Waals surface area contributed by atoms with Crippen LogP contribution in [0.5, 0.6) is 11.5 Å². The van der Waals surface area contributed by atoms with Crippen LogP contribution in [0.4, 0.5) is 0 Å². The second kappa shape index (κ2) is 9.32. The van der Waals surface area contributed by atoms with Gasteiger partial charge >= 0.3 is 0 Å². The molecule has 0 saturated carbocycles. The zero-order chi connectivity index (χ0) is 18.1. The number of carbonyl (C=O) groups is 2. The molecule has 132 valence electrons. The SMILES string of the molecule is COc1ccc(CNC(=O)CCNC(=O)c2ccccc2)cc1OC. The van der Waals surface area contributed by atoms with Crippen molar-refractivity contribution in [3.63, 3.8) is 0 Å². The Morgan fingerprint density at radius 3 is 2.32 bits per heavy atom. The number of amides is 2. The standard InChI is InChI=1S/C19H22N2O4/c1-24-16-9-8-14(12-17(16)25-2)13-21-18(22)10-11-20-19(23)15-6-4-3-5-7-15/h3-9,12H,10-11,13H2,1-2H3,(H,20,23)(H,21,22). The summed E-state index contributed by atoms with van der Waals surface area (Å²) in [6, 6.07) is 14.4. The molecule has 0 aliphatic heterocycles. The summed E-state index contributed by atoms with van der Waals surface area (Å²) in [5.41, 5.74) is 1.48. The predicted molar refractivity (Wildman–Crippen MR) is 94.8 cm³/mol. The first-order valence-electron chi connectivity index (χ1n) is 7.95. The van der Waals surface area contributed by atoms with Gasteiger partial charge < -0.3 is 20.1 Å². The van der Waals surface area contributed by atoms with E-state index in [1.54, 1.807) is 44.6 Å². The average Bonchev–Trinajstić information content (AvgIpc) is 2.66. The smallest absolute Gasteiger partial charge is 0.251 e. The Hall–Kier alpha value is -3.02. The van der Waals surface area contributed by atoms with E-state index in [0.29, 0.717) is 23.6 Å². The molecule has 6 nitrogen and oxygen atoms in total. The molecule has 0 aromatic heterocycles. The molecule has 2 rings (SSSR count). The van der Waals surface area contributed by atoms with Crippen molar-refractivity contribution in [2.45, 2.75) is 13.0 Å². The van der Waals surface area contributed by atoms with Gasteiger partial charge in [0.15, 0.2) is 11.5 Å². The third-order valence-electron chi connectivity index (χ3n) is 3.61. The van der Waals surface area contributed by atoms with Gasteiger partial charge in [-0.2, -0.15) is 0 Å². The Labute approximate surface area is 147 Å². The van der Waals surface area contributed by atoms with Crippen molar-refractivity contribution in [1.29, 1.82) is 0 Å². The molecule has 0 unspecified atom stereocenters. The van der Waals surface area contributed by atoms with Crippen molar-refractivity contribution in [3.8, 4) is 11.5 Å². The molecule has 0 saturated heterocycles. The molecule has 0 aliphatic rings. The summed E-state index contributed by atoms with van der Waals surface area (Å²) in [5, 5.41) is 5.54. The van der Waals surface area contributed by atoms with Gasteiger partial charge in [0.2, 0.25) is 5.91 Å². The van der Waals surface area contributed by atoms with Crippen molar-refractivity contribution in [3.05, 3.63) is 59.7 Å². The second-order valence-electron chi connectivity index (χ2n) is 5.34. The van der Waals surface area contributed by atoms with Crippen molar-refractivity contribution < 1.29 is 19.1 Å². The predicted octanol–water partition coefficient (Wildman–Crippen LogP) is 2.14. The molecule has 0 atom stereocenters. The molecular weight excluding hydrogens is 320 g/mol. The molecule has 0 aliphatic carbocycles. The van der Waals surface area contributed by atoms with Gasteiger partial charge in [-0.3, -0.25) is 9.59 Å². The van der Waals surface area contributed by atoms with Gasteiger partial charge in [0.05, 0.1) is 14.2 Å². The van der Waals surface area contributed by atoms with Gasteiger partial charge in [-0.25, -0.2) is 0 Å². The van der Waals surface area contributed by atoms with E-state index in [1.165, 1.54) is 0 Å². The zero-order valence-corrected chi connectivity index (χ0v) is 14.4. The van der Waals surface area contributed by atoms with E-state index in [-0.39, 0.29) is 24.8 Å². The lowest BCUT2D eigenvalue weighted by Gasteiger charge is -2.10.